The number of carbonyl (C=O) groups excluding carboxylic acids is 1. The van der Waals surface area contributed by atoms with Gasteiger partial charge in [-0.05, 0) is 25.0 Å². The Kier molecular flexibility index (Phi) is 5.72. The number of aromatic nitrogens is 1. The summed E-state index contributed by atoms with van der Waals surface area (Å²) in [5, 5.41) is 0.489. The molecule has 0 radical (unpaired) electrons. The largest absolute Gasteiger partial charge is 0.339 e. The summed E-state index contributed by atoms with van der Waals surface area (Å²) in [5.41, 5.74) is 0.497. The molecule has 0 aliphatic rings. The van der Waals surface area contributed by atoms with Gasteiger partial charge in [-0.25, -0.2) is 4.98 Å². The smallest absolute Gasteiger partial charge is 0.254 e. The molecule has 1 heterocycles. The monoisotopic (exact) mass is 274 g/mol. The Morgan fingerprint density at radius 3 is 2.06 bits per heavy atom. The van der Waals surface area contributed by atoms with Gasteiger partial charge in [0.25, 0.3) is 5.91 Å². The lowest BCUT2D eigenvalue weighted by Gasteiger charge is -2.21. The predicted molar refractivity (Wildman–Crippen MR) is 70.7 cm³/mol. The summed E-state index contributed by atoms with van der Waals surface area (Å²) in [4.78, 5) is 17.8. The number of rotatable bonds is 5. The molecule has 0 aliphatic carbocycles. The average Bonchev–Trinajstić information content (AvgIpc) is 2.26. The maximum Gasteiger partial charge on any atom is 0.254 e. The van der Waals surface area contributed by atoms with Crippen LogP contribution in [0, 0.1) is 0 Å². The second-order valence-electron chi connectivity index (χ2n) is 3.79. The second-order valence-corrected chi connectivity index (χ2v) is 4.57. The lowest BCUT2D eigenvalue weighted by molar-refractivity contribution is 0.0755. The summed E-state index contributed by atoms with van der Waals surface area (Å²) < 4.78 is 0. The number of hydrogen-bond donors (Lipinski definition) is 0. The van der Waals surface area contributed by atoms with Gasteiger partial charge in [-0.3, -0.25) is 4.79 Å². The Bertz CT molecular complexity index is 370. The van der Waals surface area contributed by atoms with Crippen molar-refractivity contribution in [1.82, 2.24) is 9.88 Å². The number of hydrogen-bond acceptors (Lipinski definition) is 2. The first-order valence-electron chi connectivity index (χ1n) is 5.70. The molecular weight excluding hydrogens is 259 g/mol. The number of nitrogens with zero attached hydrogens (tertiary/aromatic N) is 2. The zero-order valence-electron chi connectivity index (χ0n) is 10.0. The van der Waals surface area contributed by atoms with Gasteiger partial charge in [-0.1, -0.05) is 37.0 Å². The van der Waals surface area contributed by atoms with Crippen LogP contribution in [-0.4, -0.2) is 28.9 Å². The Labute approximate surface area is 112 Å². The molecule has 0 spiro atoms. The summed E-state index contributed by atoms with van der Waals surface area (Å²) in [7, 11) is 0. The van der Waals surface area contributed by atoms with E-state index in [0.29, 0.717) is 5.56 Å². The molecule has 0 saturated heterocycles. The van der Waals surface area contributed by atoms with Crippen LogP contribution in [0.4, 0.5) is 0 Å². The molecule has 1 rings (SSSR count). The van der Waals surface area contributed by atoms with Crippen molar-refractivity contribution in [1.29, 1.82) is 0 Å². The van der Waals surface area contributed by atoms with Crippen LogP contribution in [0.15, 0.2) is 12.1 Å². The fourth-order valence-corrected chi connectivity index (χ4v) is 2.09. The van der Waals surface area contributed by atoms with Gasteiger partial charge in [-0.2, -0.15) is 0 Å². The van der Waals surface area contributed by atoms with Crippen molar-refractivity contribution < 1.29 is 4.79 Å². The fraction of sp³-hybridized carbons (Fsp3) is 0.500. The molecule has 0 bridgehead atoms. The zero-order chi connectivity index (χ0) is 12.8. The van der Waals surface area contributed by atoms with E-state index in [0.717, 1.165) is 25.9 Å². The normalized spacial score (nSPS) is 10.4. The molecule has 1 aromatic heterocycles. The third kappa shape index (κ3) is 4.17. The molecule has 3 nitrogen and oxygen atoms in total. The van der Waals surface area contributed by atoms with Crippen LogP contribution in [0.25, 0.3) is 0 Å². The zero-order valence-corrected chi connectivity index (χ0v) is 11.6. The van der Waals surface area contributed by atoms with Crippen molar-refractivity contribution in [3.8, 4) is 0 Å². The highest BCUT2D eigenvalue weighted by atomic mass is 35.5. The molecule has 0 saturated carbocycles. The van der Waals surface area contributed by atoms with Crippen LogP contribution >= 0.6 is 23.2 Å². The minimum atomic E-state index is -0.0418. The van der Waals surface area contributed by atoms with Gasteiger partial charge < -0.3 is 4.90 Å². The Morgan fingerprint density at radius 2 is 1.65 bits per heavy atom. The quantitative estimate of drug-likeness (QED) is 0.768. The maximum atomic E-state index is 12.2. The first-order chi connectivity index (χ1) is 8.08. The second kappa shape index (κ2) is 6.82. The third-order valence-corrected chi connectivity index (χ3v) is 2.67. The lowest BCUT2D eigenvalue weighted by Crippen LogP contribution is -2.32. The van der Waals surface area contributed by atoms with Gasteiger partial charge in [0.2, 0.25) is 0 Å². The minimum Gasteiger partial charge on any atom is -0.339 e. The van der Waals surface area contributed by atoms with Crippen LogP contribution in [-0.2, 0) is 0 Å². The number of pyridine rings is 1. The van der Waals surface area contributed by atoms with Crippen LogP contribution in [0.2, 0.25) is 10.3 Å². The molecular formula is C12H16Cl2N2O. The number of amides is 1. The molecule has 0 unspecified atom stereocenters. The van der Waals surface area contributed by atoms with E-state index >= 15 is 0 Å². The Balaban J connectivity index is 2.92. The third-order valence-electron chi connectivity index (χ3n) is 2.28. The number of halogens is 2. The lowest BCUT2D eigenvalue weighted by atomic mass is 10.2. The summed E-state index contributed by atoms with van der Waals surface area (Å²) in [5.74, 6) is -0.0418. The van der Waals surface area contributed by atoms with Crippen molar-refractivity contribution in [3.05, 3.63) is 28.0 Å². The van der Waals surface area contributed by atoms with Gasteiger partial charge in [-0.15, -0.1) is 0 Å². The van der Waals surface area contributed by atoms with E-state index in [4.69, 9.17) is 23.2 Å². The topological polar surface area (TPSA) is 33.2 Å². The average molecular weight is 275 g/mol. The summed E-state index contributed by atoms with van der Waals surface area (Å²) in [6.07, 6.45) is 1.86. The van der Waals surface area contributed by atoms with Crippen molar-refractivity contribution in [2.45, 2.75) is 26.7 Å². The first kappa shape index (κ1) is 14.3. The van der Waals surface area contributed by atoms with Gasteiger partial charge >= 0.3 is 0 Å². The highest BCUT2D eigenvalue weighted by Gasteiger charge is 2.15. The van der Waals surface area contributed by atoms with Crippen molar-refractivity contribution in [2.75, 3.05) is 13.1 Å². The molecule has 0 N–H and O–H groups in total. The molecule has 0 fully saturated rings. The van der Waals surface area contributed by atoms with Gasteiger partial charge in [0.1, 0.15) is 10.3 Å². The predicted octanol–water partition coefficient (Wildman–Crippen LogP) is 3.65. The maximum absolute atomic E-state index is 12.2. The highest BCUT2D eigenvalue weighted by molar-refractivity contribution is 6.33. The van der Waals surface area contributed by atoms with Gasteiger partial charge in [0.15, 0.2) is 0 Å². The molecule has 94 valence electrons. The Morgan fingerprint density at radius 1 is 1.18 bits per heavy atom. The summed E-state index contributed by atoms with van der Waals surface area (Å²) in [6.45, 7) is 5.57. The number of carbonyl (C=O) groups is 1. The molecule has 0 aromatic carbocycles. The van der Waals surface area contributed by atoms with E-state index in [9.17, 15) is 4.79 Å². The van der Waals surface area contributed by atoms with Gasteiger partial charge in [0, 0.05) is 18.7 Å². The van der Waals surface area contributed by atoms with E-state index in [1.165, 1.54) is 0 Å². The van der Waals surface area contributed by atoms with Crippen molar-refractivity contribution in [3.63, 3.8) is 0 Å². The Hall–Kier alpha value is -0.800. The van der Waals surface area contributed by atoms with E-state index in [1.807, 2.05) is 18.7 Å². The van der Waals surface area contributed by atoms with E-state index in [2.05, 4.69) is 4.98 Å². The molecule has 17 heavy (non-hydrogen) atoms. The van der Waals surface area contributed by atoms with Crippen LogP contribution in [0.1, 0.15) is 37.0 Å². The van der Waals surface area contributed by atoms with Crippen molar-refractivity contribution >= 4 is 29.1 Å². The minimum absolute atomic E-state index is 0.0418. The molecule has 0 aliphatic heterocycles. The summed E-state index contributed by atoms with van der Waals surface area (Å²) in [6, 6.07) is 3.10. The summed E-state index contributed by atoms with van der Waals surface area (Å²) >= 11 is 11.6. The van der Waals surface area contributed by atoms with Crippen LogP contribution in [0.3, 0.4) is 0 Å². The molecule has 5 heteroatoms. The standard InChI is InChI=1S/C12H16Cl2N2O/c1-3-5-16(6-4-2)12(17)9-7-10(13)15-11(14)8-9/h7-8H,3-6H2,1-2H3. The molecule has 1 amide bonds. The van der Waals surface area contributed by atoms with Crippen LogP contribution in [0.5, 0.6) is 0 Å². The van der Waals surface area contributed by atoms with E-state index < -0.39 is 0 Å². The first-order valence-corrected chi connectivity index (χ1v) is 6.46. The van der Waals surface area contributed by atoms with E-state index in [1.54, 1.807) is 12.1 Å². The van der Waals surface area contributed by atoms with Crippen LogP contribution < -0.4 is 0 Å². The SMILES string of the molecule is CCCN(CCC)C(=O)c1cc(Cl)nc(Cl)c1. The van der Waals surface area contributed by atoms with E-state index in [-0.39, 0.29) is 16.2 Å². The van der Waals surface area contributed by atoms with Crippen molar-refractivity contribution in [2.24, 2.45) is 0 Å². The van der Waals surface area contributed by atoms with Gasteiger partial charge in [0.05, 0.1) is 0 Å². The fourth-order valence-electron chi connectivity index (χ4n) is 1.63. The molecule has 1 aromatic rings. The molecule has 0 atom stereocenters. The highest BCUT2D eigenvalue weighted by Crippen LogP contribution is 2.16.